The highest BCUT2D eigenvalue weighted by Crippen LogP contribution is 2.18. The average Bonchev–Trinajstić information content (AvgIpc) is 3.07. The summed E-state index contributed by atoms with van der Waals surface area (Å²) in [5, 5.41) is 21.0. The summed E-state index contributed by atoms with van der Waals surface area (Å²) in [5.41, 5.74) is 4.61. The van der Waals surface area contributed by atoms with Crippen LogP contribution in [0.3, 0.4) is 0 Å². The Balaban J connectivity index is 1.64. The first-order valence-corrected chi connectivity index (χ1v) is 6.82. The van der Waals surface area contributed by atoms with E-state index in [9.17, 15) is 14.9 Å². The number of nitro benzene ring substituents is 1. The van der Waals surface area contributed by atoms with Gasteiger partial charge >= 0.3 is 5.97 Å². The third-order valence-corrected chi connectivity index (χ3v) is 3.10. The highest BCUT2D eigenvalue weighted by Gasteiger charge is 2.07. The van der Waals surface area contributed by atoms with Gasteiger partial charge in [-0.2, -0.15) is 15.4 Å². The molecule has 0 aliphatic carbocycles. The van der Waals surface area contributed by atoms with E-state index >= 15 is 0 Å². The van der Waals surface area contributed by atoms with Crippen molar-refractivity contribution >= 4 is 34.5 Å². The lowest BCUT2D eigenvalue weighted by molar-refractivity contribution is -0.384. The van der Waals surface area contributed by atoms with Crippen molar-refractivity contribution in [2.24, 2.45) is 0 Å². The maximum Gasteiger partial charge on any atom is 0.355 e. The minimum absolute atomic E-state index is 0.0543. The number of carbonyl (C=O) groups is 1. The van der Waals surface area contributed by atoms with Gasteiger partial charge in [0.25, 0.3) is 5.69 Å². The zero-order valence-corrected chi connectivity index (χ0v) is 12.2. The normalized spacial score (nSPS) is 10.8. The van der Waals surface area contributed by atoms with Crippen LogP contribution in [0.1, 0.15) is 5.56 Å². The summed E-state index contributed by atoms with van der Waals surface area (Å²) in [6.45, 7) is 0. The minimum Gasteiger partial charge on any atom is -0.339 e. The molecule has 9 heteroatoms. The smallest absolute Gasteiger partial charge is 0.339 e. The number of carbonyl (C=O) groups excluding carboxylic acids is 1. The van der Waals surface area contributed by atoms with E-state index in [1.807, 2.05) is 0 Å². The first-order chi connectivity index (χ1) is 11.6. The van der Waals surface area contributed by atoms with Crippen LogP contribution in [0.2, 0.25) is 0 Å². The number of hydrogen-bond acceptors (Lipinski definition) is 7. The van der Waals surface area contributed by atoms with Crippen molar-refractivity contribution in [3.05, 3.63) is 64.2 Å². The fourth-order valence-corrected chi connectivity index (χ4v) is 2.00. The minimum atomic E-state index is -0.665. The van der Waals surface area contributed by atoms with Gasteiger partial charge < -0.3 is 4.84 Å². The van der Waals surface area contributed by atoms with Crippen LogP contribution < -0.4 is 5.48 Å². The van der Waals surface area contributed by atoms with Gasteiger partial charge in [0.1, 0.15) is 16.7 Å². The largest absolute Gasteiger partial charge is 0.355 e. The Morgan fingerprint density at radius 1 is 1.25 bits per heavy atom. The highest BCUT2D eigenvalue weighted by molar-refractivity contribution is 5.90. The molecule has 3 rings (SSSR count). The van der Waals surface area contributed by atoms with Crippen LogP contribution in [0.4, 0.5) is 11.4 Å². The van der Waals surface area contributed by atoms with Crippen molar-refractivity contribution in [2.75, 3.05) is 5.48 Å². The number of benzene rings is 2. The zero-order valence-electron chi connectivity index (χ0n) is 12.2. The summed E-state index contributed by atoms with van der Waals surface area (Å²) in [5.74, 6) is -0.665. The fraction of sp³-hybridized carbons (Fsp3) is 0. The van der Waals surface area contributed by atoms with Gasteiger partial charge in [0, 0.05) is 18.2 Å². The van der Waals surface area contributed by atoms with E-state index in [-0.39, 0.29) is 5.69 Å². The Morgan fingerprint density at radius 3 is 2.92 bits per heavy atom. The topological polar surface area (TPSA) is 123 Å². The van der Waals surface area contributed by atoms with Gasteiger partial charge in [-0.05, 0) is 23.8 Å². The summed E-state index contributed by atoms with van der Waals surface area (Å²) in [6.07, 6.45) is 2.59. The van der Waals surface area contributed by atoms with Crippen molar-refractivity contribution in [1.82, 2.24) is 15.4 Å². The maximum absolute atomic E-state index is 11.7. The molecular formula is C15H11N5O4. The van der Waals surface area contributed by atoms with Crippen molar-refractivity contribution in [3.8, 4) is 0 Å². The number of nitro groups is 1. The lowest BCUT2D eigenvalue weighted by Crippen LogP contribution is -2.07. The number of para-hydroxylation sites is 1. The van der Waals surface area contributed by atoms with Gasteiger partial charge in [-0.15, -0.1) is 0 Å². The number of fused-ring (bicyclic) bond motifs is 1. The van der Waals surface area contributed by atoms with Gasteiger partial charge in [0.2, 0.25) is 0 Å². The molecular weight excluding hydrogens is 314 g/mol. The second kappa shape index (κ2) is 6.57. The molecule has 0 saturated heterocycles. The second-order valence-electron chi connectivity index (χ2n) is 4.71. The van der Waals surface area contributed by atoms with Crippen LogP contribution >= 0.6 is 0 Å². The summed E-state index contributed by atoms with van der Waals surface area (Å²) >= 11 is 0. The molecule has 120 valence electrons. The van der Waals surface area contributed by atoms with Crippen LogP contribution in [-0.4, -0.2) is 26.3 Å². The molecule has 1 aromatic heterocycles. The van der Waals surface area contributed by atoms with Crippen LogP contribution in [0, 0.1) is 10.1 Å². The van der Waals surface area contributed by atoms with Crippen LogP contribution in [0.25, 0.3) is 17.1 Å². The molecule has 9 nitrogen and oxygen atoms in total. The van der Waals surface area contributed by atoms with E-state index in [2.05, 4.69) is 20.9 Å². The van der Waals surface area contributed by atoms with Gasteiger partial charge in [-0.3, -0.25) is 10.1 Å². The lowest BCUT2D eigenvalue weighted by atomic mass is 10.2. The third kappa shape index (κ3) is 3.35. The molecule has 2 N–H and O–H groups in total. The highest BCUT2D eigenvalue weighted by atomic mass is 16.7. The molecule has 0 unspecified atom stereocenters. The predicted octanol–water partition coefficient (Wildman–Crippen LogP) is 2.45. The molecule has 1 heterocycles. The van der Waals surface area contributed by atoms with Crippen LogP contribution in [-0.2, 0) is 9.63 Å². The Labute approximate surface area is 135 Å². The van der Waals surface area contributed by atoms with E-state index < -0.39 is 10.9 Å². The predicted molar refractivity (Wildman–Crippen MR) is 85.7 cm³/mol. The van der Waals surface area contributed by atoms with Crippen molar-refractivity contribution in [1.29, 1.82) is 0 Å². The number of hydrogen-bond donors (Lipinski definition) is 2. The second-order valence-corrected chi connectivity index (χ2v) is 4.71. The van der Waals surface area contributed by atoms with Gasteiger partial charge in [-0.1, -0.05) is 18.2 Å². The third-order valence-electron chi connectivity index (χ3n) is 3.10. The molecule has 3 aromatic rings. The standard InChI is InChI=1S/C15H11N5O4/c21-14(8-7-10-3-1-4-11(9-10)20(22)23)24-18-13-6-2-5-12-15(13)17-19-16-12/h1-9,18H,(H,16,17,19). The molecule has 0 spiro atoms. The van der Waals surface area contributed by atoms with Gasteiger partial charge in [0.05, 0.1) is 4.92 Å². The molecule has 0 saturated carbocycles. The van der Waals surface area contributed by atoms with E-state index in [0.29, 0.717) is 22.3 Å². The summed E-state index contributed by atoms with van der Waals surface area (Å²) in [7, 11) is 0. The molecule has 0 bridgehead atoms. The van der Waals surface area contributed by atoms with E-state index in [1.54, 1.807) is 24.3 Å². The lowest BCUT2D eigenvalue weighted by Gasteiger charge is -2.04. The Kier molecular flexibility index (Phi) is 4.15. The number of nitrogens with zero attached hydrogens (tertiary/aromatic N) is 3. The van der Waals surface area contributed by atoms with E-state index in [1.165, 1.54) is 24.3 Å². The molecule has 24 heavy (non-hydrogen) atoms. The first-order valence-electron chi connectivity index (χ1n) is 6.82. The number of aromatic amines is 1. The van der Waals surface area contributed by atoms with Crippen molar-refractivity contribution < 1.29 is 14.6 Å². The Morgan fingerprint density at radius 2 is 2.08 bits per heavy atom. The van der Waals surface area contributed by atoms with E-state index in [0.717, 1.165) is 6.08 Å². The molecule has 0 aliphatic heterocycles. The van der Waals surface area contributed by atoms with Crippen LogP contribution in [0.15, 0.2) is 48.5 Å². The van der Waals surface area contributed by atoms with Gasteiger partial charge in [0.15, 0.2) is 0 Å². The molecule has 0 amide bonds. The zero-order chi connectivity index (χ0) is 16.9. The summed E-state index contributed by atoms with van der Waals surface area (Å²) < 4.78 is 0. The SMILES string of the molecule is O=C(C=Cc1cccc([N+](=O)[O-])c1)ONc1cccc2n[nH]nc12. The number of aromatic nitrogens is 3. The summed E-state index contributed by atoms with van der Waals surface area (Å²) in [4.78, 5) is 26.8. The molecule has 0 atom stereocenters. The fourth-order valence-electron chi connectivity index (χ4n) is 2.00. The number of rotatable bonds is 5. The molecule has 0 fully saturated rings. The number of anilines is 1. The quantitative estimate of drug-likeness (QED) is 0.419. The summed E-state index contributed by atoms with van der Waals surface area (Å²) in [6, 6.07) is 11.1. The van der Waals surface area contributed by atoms with Crippen molar-refractivity contribution in [3.63, 3.8) is 0 Å². The average molecular weight is 325 g/mol. The number of non-ortho nitro benzene ring substituents is 1. The molecule has 2 aromatic carbocycles. The van der Waals surface area contributed by atoms with Crippen LogP contribution in [0.5, 0.6) is 0 Å². The first kappa shape index (κ1) is 15.2. The van der Waals surface area contributed by atoms with Crippen molar-refractivity contribution in [2.45, 2.75) is 0 Å². The number of H-pyrrole nitrogens is 1. The van der Waals surface area contributed by atoms with Gasteiger partial charge in [-0.25, -0.2) is 10.3 Å². The molecule has 0 radical (unpaired) electrons. The monoisotopic (exact) mass is 325 g/mol. The maximum atomic E-state index is 11.7. The number of nitrogens with one attached hydrogen (secondary N) is 2. The Bertz CT molecular complexity index is 934. The Hall–Kier alpha value is -3.75. The van der Waals surface area contributed by atoms with E-state index in [4.69, 9.17) is 4.84 Å². The molecule has 0 aliphatic rings.